The summed E-state index contributed by atoms with van der Waals surface area (Å²) in [6.45, 7) is 6.62. The molecule has 0 saturated heterocycles. The van der Waals surface area contributed by atoms with Gasteiger partial charge in [0.2, 0.25) is 0 Å². The normalized spacial score (nSPS) is 13.7. The van der Waals surface area contributed by atoms with Gasteiger partial charge in [0.25, 0.3) is 0 Å². The second kappa shape index (κ2) is 4.58. The van der Waals surface area contributed by atoms with Crippen LogP contribution in [0.3, 0.4) is 0 Å². The van der Waals surface area contributed by atoms with Crippen molar-refractivity contribution in [2.24, 2.45) is 5.92 Å². The van der Waals surface area contributed by atoms with Gasteiger partial charge in [0.1, 0.15) is 0 Å². The molecule has 3 heteroatoms. The van der Waals surface area contributed by atoms with E-state index in [1.54, 1.807) is 0 Å². The van der Waals surface area contributed by atoms with Gasteiger partial charge in [-0.1, -0.05) is 13.8 Å². The zero-order valence-corrected chi connectivity index (χ0v) is 10.9. The molecule has 0 spiro atoms. The van der Waals surface area contributed by atoms with Crippen LogP contribution in [0.1, 0.15) is 29.6 Å². The second-order valence-electron chi connectivity index (χ2n) is 3.56. The molecule has 1 heterocycles. The van der Waals surface area contributed by atoms with E-state index in [-0.39, 0.29) is 0 Å². The number of nitrogens with one attached hydrogen (secondary N) is 1. The molecular formula is C10H16BrNS. The molecule has 0 aromatic carbocycles. The van der Waals surface area contributed by atoms with Gasteiger partial charge in [-0.25, -0.2) is 0 Å². The van der Waals surface area contributed by atoms with Crippen molar-refractivity contribution in [2.45, 2.75) is 26.8 Å². The van der Waals surface area contributed by atoms with Crippen molar-refractivity contribution in [3.8, 4) is 0 Å². The minimum Gasteiger partial charge on any atom is -0.312 e. The summed E-state index contributed by atoms with van der Waals surface area (Å²) in [5.41, 5.74) is 0. The average Bonchev–Trinajstić information content (AvgIpc) is 2.32. The largest absolute Gasteiger partial charge is 0.312 e. The van der Waals surface area contributed by atoms with E-state index in [0.717, 1.165) is 0 Å². The lowest BCUT2D eigenvalue weighted by molar-refractivity contribution is 0.449. The van der Waals surface area contributed by atoms with Crippen LogP contribution < -0.4 is 5.32 Å². The second-order valence-corrected chi connectivity index (χ2v) is 5.71. The maximum atomic E-state index is 3.55. The predicted octanol–water partition coefficient (Wildman–Crippen LogP) is 3.74. The van der Waals surface area contributed by atoms with Crippen LogP contribution in [-0.2, 0) is 0 Å². The van der Waals surface area contributed by atoms with Gasteiger partial charge in [0, 0.05) is 20.3 Å². The number of hydrogen-bond donors (Lipinski definition) is 1. The summed E-state index contributed by atoms with van der Waals surface area (Å²) in [4.78, 5) is 2.78. The Morgan fingerprint density at radius 1 is 1.46 bits per heavy atom. The molecule has 1 aromatic rings. The first-order chi connectivity index (χ1) is 6.06. The summed E-state index contributed by atoms with van der Waals surface area (Å²) in [5.74, 6) is 0.634. The Morgan fingerprint density at radius 3 is 2.38 bits per heavy atom. The van der Waals surface area contributed by atoms with Gasteiger partial charge in [-0.05, 0) is 41.9 Å². The fourth-order valence-electron chi connectivity index (χ4n) is 1.44. The average molecular weight is 262 g/mol. The highest BCUT2D eigenvalue weighted by molar-refractivity contribution is 9.10. The molecule has 0 aliphatic carbocycles. The highest BCUT2D eigenvalue weighted by atomic mass is 79.9. The summed E-state index contributed by atoms with van der Waals surface area (Å²) >= 11 is 5.41. The maximum Gasteiger partial charge on any atom is 0.0436 e. The Morgan fingerprint density at radius 2 is 2.08 bits per heavy atom. The van der Waals surface area contributed by atoms with E-state index in [4.69, 9.17) is 0 Å². The molecule has 0 bridgehead atoms. The van der Waals surface area contributed by atoms with Crippen molar-refractivity contribution in [3.05, 3.63) is 20.3 Å². The Hall–Kier alpha value is 0.140. The molecule has 13 heavy (non-hydrogen) atoms. The fraction of sp³-hybridized carbons (Fsp3) is 0.600. The Bertz CT molecular complexity index is 261. The van der Waals surface area contributed by atoms with Gasteiger partial charge < -0.3 is 5.32 Å². The van der Waals surface area contributed by atoms with E-state index < -0.39 is 0 Å². The number of thiophene rings is 1. The number of aryl methyl sites for hydroxylation is 1. The Balaban J connectivity index is 2.92. The van der Waals surface area contributed by atoms with E-state index in [1.165, 1.54) is 14.2 Å². The Labute approximate surface area is 92.7 Å². The van der Waals surface area contributed by atoms with Crippen molar-refractivity contribution >= 4 is 27.3 Å². The third kappa shape index (κ3) is 2.55. The van der Waals surface area contributed by atoms with E-state index in [2.05, 4.69) is 48.1 Å². The van der Waals surface area contributed by atoms with Gasteiger partial charge in [-0.15, -0.1) is 11.3 Å². The molecule has 0 saturated carbocycles. The highest BCUT2D eigenvalue weighted by Crippen LogP contribution is 2.33. The lowest BCUT2D eigenvalue weighted by atomic mass is 10.0. The van der Waals surface area contributed by atoms with Crippen molar-refractivity contribution in [2.75, 3.05) is 7.05 Å². The van der Waals surface area contributed by atoms with Gasteiger partial charge in [-0.2, -0.15) is 0 Å². The fourth-order valence-corrected chi connectivity index (χ4v) is 3.28. The minimum atomic E-state index is 0.481. The third-order valence-electron chi connectivity index (χ3n) is 2.16. The quantitative estimate of drug-likeness (QED) is 0.875. The van der Waals surface area contributed by atoms with Gasteiger partial charge >= 0.3 is 0 Å². The van der Waals surface area contributed by atoms with Crippen LogP contribution in [0.15, 0.2) is 10.5 Å². The van der Waals surface area contributed by atoms with Crippen molar-refractivity contribution in [3.63, 3.8) is 0 Å². The molecule has 1 nitrogen and oxygen atoms in total. The molecule has 74 valence electrons. The summed E-state index contributed by atoms with van der Waals surface area (Å²) < 4.78 is 1.23. The smallest absolute Gasteiger partial charge is 0.0436 e. The first-order valence-electron chi connectivity index (χ1n) is 4.49. The molecule has 0 fully saturated rings. The molecular weight excluding hydrogens is 246 g/mol. The number of hydrogen-bond acceptors (Lipinski definition) is 2. The van der Waals surface area contributed by atoms with Crippen LogP contribution in [0.25, 0.3) is 0 Å². The topological polar surface area (TPSA) is 12.0 Å². The molecule has 0 radical (unpaired) electrons. The van der Waals surface area contributed by atoms with Crippen LogP contribution in [0, 0.1) is 12.8 Å². The third-order valence-corrected chi connectivity index (χ3v) is 4.38. The molecule has 1 rings (SSSR count). The maximum absolute atomic E-state index is 3.55. The lowest BCUT2D eigenvalue weighted by Crippen LogP contribution is -2.20. The van der Waals surface area contributed by atoms with Crippen molar-refractivity contribution in [1.29, 1.82) is 0 Å². The lowest BCUT2D eigenvalue weighted by Gasteiger charge is -2.18. The van der Waals surface area contributed by atoms with Crippen LogP contribution >= 0.6 is 27.3 Å². The number of rotatable bonds is 3. The van der Waals surface area contributed by atoms with E-state index in [1.807, 2.05) is 18.4 Å². The van der Waals surface area contributed by atoms with E-state index in [9.17, 15) is 0 Å². The van der Waals surface area contributed by atoms with Crippen molar-refractivity contribution < 1.29 is 0 Å². The molecule has 0 aliphatic heterocycles. The first kappa shape index (κ1) is 11.2. The molecule has 1 aromatic heterocycles. The van der Waals surface area contributed by atoms with E-state index >= 15 is 0 Å². The van der Waals surface area contributed by atoms with Crippen LogP contribution in [0.4, 0.5) is 0 Å². The summed E-state index contributed by atoms with van der Waals surface area (Å²) in [6, 6.07) is 2.70. The molecule has 1 N–H and O–H groups in total. The molecule has 1 atom stereocenters. The van der Waals surface area contributed by atoms with Crippen LogP contribution in [-0.4, -0.2) is 7.05 Å². The summed E-state index contributed by atoms with van der Waals surface area (Å²) in [5, 5.41) is 3.35. The zero-order chi connectivity index (χ0) is 10.0. The summed E-state index contributed by atoms with van der Waals surface area (Å²) in [6.07, 6.45) is 0. The SMILES string of the molecule is CNC(c1cc(Br)c(C)s1)C(C)C. The standard InChI is InChI=1S/C10H16BrNS/c1-6(2)10(12-4)9-5-8(11)7(3)13-9/h5-6,10,12H,1-4H3. The van der Waals surface area contributed by atoms with Crippen LogP contribution in [0.2, 0.25) is 0 Å². The van der Waals surface area contributed by atoms with Gasteiger partial charge in [0.05, 0.1) is 0 Å². The predicted molar refractivity (Wildman–Crippen MR) is 63.4 cm³/mol. The zero-order valence-electron chi connectivity index (χ0n) is 8.52. The highest BCUT2D eigenvalue weighted by Gasteiger charge is 2.16. The van der Waals surface area contributed by atoms with E-state index in [0.29, 0.717) is 12.0 Å². The minimum absolute atomic E-state index is 0.481. The number of halogens is 1. The monoisotopic (exact) mass is 261 g/mol. The van der Waals surface area contributed by atoms with Crippen LogP contribution in [0.5, 0.6) is 0 Å². The molecule has 0 aliphatic rings. The first-order valence-corrected chi connectivity index (χ1v) is 6.10. The Kier molecular flexibility index (Phi) is 3.95. The molecule has 1 unspecified atom stereocenters. The summed E-state index contributed by atoms with van der Waals surface area (Å²) in [7, 11) is 2.02. The van der Waals surface area contributed by atoms with Crippen molar-refractivity contribution in [1.82, 2.24) is 5.32 Å². The van der Waals surface area contributed by atoms with Gasteiger partial charge in [-0.3, -0.25) is 0 Å². The van der Waals surface area contributed by atoms with Gasteiger partial charge in [0.15, 0.2) is 0 Å². The molecule has 0 amide bonds.